The maximum atomic E-state index is 12.3. The minimum atomic E-state index is -0.192. The van der Waals surface area contributed by atoms with Crippen LogP contribution in [0.3, 0.4) is 0 Å². The highest BCUT2D eigenvalue weighted by molar-refractivity contribution is 5.96. The number of benzene rings is 2. The van der Waals surface area contributed by atoms with Crippen molar-refractivity contribution in [3.8, 4) is 0 Å². The number of aromatic nitrogens is 2. The molecular weight excluding hydrogens is 304 g/mol. The molecule has 0 radical (unpaired) electrons. The topological polar surface area (TPSA) is 86.9 Å². The lowest BCUT2D eigenvalue weighted by atomic mass is 10.1. The van der Waals surface area contributed by atoms with E-state index in [2.05, 4.69) is 20.6 Å². The van der Waals surface area contributed by atoms with Crippen LogP contribution >= 0.6 is 0 Å². The van der Waals surface area contributed by atoms with E-state index in [1.165, 1.54) is 6.92 Å². The number of nitrogens with zero attached hydrogens (tertiary/aromatic N) is 1. The molecule has 0 unspecified atom stereocenters. The van der Waals surface area contributed by atoms with Gasteiger partial charge in [0.25, 0.3) is 5.91 Å². The Hall–Kier alpha value is -3.15. The Morgan fingerprint density at radius 2 is 2.00 bits per heavy atom. The third-order valence-corrected chi connectivity index (χ3v) is 3.56. The molecule has 6 nitrogen and oxygen atoms in total. The minimum absolute atomic E-state index is 0.171. The van der Waals surface area contributed by atoms with Crippen LogP contribution in [0.25, 0.3) is 11.0 Å². The monoisotopic (exact) mass is 322 g/mol. The first-order valence-electron chi connectivity index (χ1n) is 7.62. The number of fused-ring (bicyclic) bond motifs is 1. The number of imidazole rings is 1. The summed E-state index contributed by atoms with van der Waals surface area (Å²) in [6.07, 6.45) is 0. The fourth-order valence-corrected chi connectivity index (χ4v) is 2.52. The lowest BCUT2D eigenvalue weighted by molar-refractivity contribution is -0.114. The lowest BCUT2D eigenvalue weighted by Crippen LogP contribution is -2.23. The van der Waals surface area contributed by atoms with Crippen LogP contribution in [-0.2, 0) is 11.3 Å². The smallest absolute Gasteiger partial charge is 0.251 e. The van der Waals surface area contributed by atoms with Crippen molar-refractivity contribution in [1.29, 1.82) is 0 Å². The Balaban J connectivity index is 1.68. The van der Waals surface area contributed by atoms with Gasteiger partial charge >= 0.3 is 0 Å². The van der Waals surface area contributed by atoms with Gasteiger partial charge in [0.15, 0.2) is 0 Å². The molecule has 0 spiro atoms. The van der Waals surface area contributed by atoms with E-state index in [1.54, 1.807) is 24.3 Å². The molecule has 1 heterocycles. The fourth-order valence-electron chi connectivity index (χ4n) is 2.52. The van der Waals surface area contributed by atoms with E-state index in [1.807, 2.05) is 25.1 Å². The van der Waals surface area contributed by atoms with Gasteiger partial charge in [0.1, 0.15) is 5.82 Å². The Bertz CT molecular complexity index is 914. The molecule has 122 valence electrons. The molecule has 2 amide bonds. The number of H-pyrrole nitrogens is 1. The van der Waals surface area contributed by atoms with E-state index in [0.717, 1.165) is 22.4 Å². The van der Waals surface area contributed by atoms with Gasteiger partial charge < -0.3 is 15.6 Å². The van der Waals surface area contributed by atoms with Crippen LogP contribution in [0.1, 0.15) is 28.7 Å². The summed E-state index contributed by atoms with van der Waals surface area (Å²) < 4.78 is 0. The molecule has 0 aliphatic rings. The molecule has 24 heavy (non-hydrogen) atoms. The molecule has 2 aromatic carbocycles. The van der Waals surface area contributed by atoms with E-state index in [4.69, 9.17) is 0 Å². The summed E-state index contributed by atoms with van der Waals surface area (Å²) in [6.45, 7) is 3.75. The summed E-state index contributed by atoms with van der Waals surface area (Å²) in [5.74, 6) is 0.500. The highest BCUT2D eigenvalue weighted by Crippen LogP contribution is 2.14. The van der Waals surface area contributed by atoms with Crippen LogP contribution in [0.15, 0.2) is 42.5 Å². The molecule has 0 aliphatic carbocycles. The molecule has 3 aromatic rings. The number of aryl methyl sites for hydroxylation is 1. The van der Waals surface area contributed by atoms with Gasteiger partial charge in [-0.1, -0.05) is 12.1 Å². The largest absolute Gasteiger partial charge is 0.348 e. The summed E-state index contributed by atoms with van der Waals surface area (Å²) in [6, 6.07) is 12.7. The van der Waals surface area contributed by atoms with Crippen molar-refractivity contribution in [2.45, 2.75) is 20.4 Å². The summed E-state index contributed by atoms with van der Waals surface area (Å²) in [4.78, 5) is 30.9. The second kappa shape index (κ2) is 6.54. The molecule has 0 atom stereocenters. The van der Waals surface area contributed by atoms with Gasteiger partial charge in [0, 0.05) is 24.7 Å². The number of rotatable bonds is 4. The van der Waals surface area contributed by atoms with E-state index in [-0.39, 0.29) is 11.8 Å². The third kappa shape index (κ3) is 3.60. The van der Waals surface area contributed by atoms with Crippen molar-refractivity contribution in [1.82, 2.24) is 15.3 Å². The van der Waals surface area contributed by atoms with Gasteiger partial charge in [-0.2, -0.15) is 0 Å². The number of amides is 2. The second-order valence-electron chi connectivity index (χ2n) is 5.62. The van der Waals surface area contributed by atoms with Crippen LogP contribution in [0.4, 0.5) is 5.69 Å². The number of carbonyl (C=O) groups excluding carboxylic acids is 2. The van der Waals surface area contributed by atoms with Gasteiger partial charge in [-0.3, -0.25) is 9.59 Å². The van der Waals surface area contributed by atoms with Crippen LogP contribution in [0.5, 0.6) is 0 Å². The Kier molecular flexibility index (Phi) is 4.29. The van der Waals surface area contributed by atoms with Crippen molar-refractivity contribution < 1.29 is 9.59 Å². The molecule has 1 aromatic heterocycles. The zero-order chi connectivity index (χ0) is 17.1. The van der Waals surface area contributed by atoms with Crippen molar-refractivity contribution >= 4 is 28.5 Å². The first-order valence-corrected chi connectivity index (χ1v) is 7.62. The first-order chi connectivity index (χ1) is 11.5. The Morgan fingerprint density at radius 1 is 1.17 bits per heavy atom. The zero-order valence-corrected chi connectivity index (χ0v) is 13.5. The third-order valence-electron chi connectivity index (χ3n) is 3.56. The van der Waals surface area contributed by atoms with Crippen LogP contribution in [0.2, 0.25) is 0 Å². The Morgan fingerprint density at radius 3 is 2.79 bits per heavy atom. The number of aromatic amines is 1. The lowest BCUT2D eigenvalue weighted by Gasteiger charge is -2.07. The molecule has 0 saturated carbocycles. The average molecular weight is 322 g/mol. The van der Waals surface area contributed by atoms with E-state index < -0.39 is 0 Å². The van der Waals surface area contributed by atoms with Gasteiger partial charge in [-0.05, 0) is 42.8 Å². The standard InChI is InChI=1S/C18H18N4O2/c1-11-20-16-7-6-13(8-17(16)21-11)10-19-18(24)14-4-3-5-15(9-14)22-12(2)23/h3-9H,10H2,1-2H3,(H,19,24)(H,20,21)(H,22,23). The highest BCUT2D eigenvalue weighted by atomic mass is 16.2. The van der Waals surface area contributed by atoms with Crippen molar-refractivity contribution in [3.05, 3.63) is 59.4 Å². The molecular formula is C18H18N4O2. The predicted molar refractivity (Wildman–Crippen MR) is 92.7 cm³/mol. The maximum absolute atomic E-state index is 12.3. The summed E-state index contributed by atoms with van der Waals surface area (Å²) in [5, 5.41) is 5.55. The molecule has 6 heteroatoms. The van der Waals surface area contributed by atoms with Crippen LogP contribution in [-0.4, -0.2) is 21.8 Å². The first kappa shape index (κ1) is 15.7. The minimum Gasteiger partial charge on any atom is -0.348 e. The van der Waals surface area contributed by atoms with Crippen molar-refractivity contribution in [3.63, 3.8) is 0 Å². The highest BCUT2D eigenvalue weighted by Gasteiger charge is 2.07. The quantitative estimate of drug-likeness (QED) is 0.690. The molecule has 0 fully saturated rings. The normalized spacial score (nSPS) is 10.6. The van der Waals surface area contributed by atoms with Gasteiger partial charge in [-0.25, -0.2) is 4.98 Å². The molecule has 0 bridgehead atoms. The van der Waals surface area contributed by atoms with Gasteiger partial charge in [-0.15, -0.1) is 0 Å². The predicted octanol–water partition coefficient (Wildman–Crippen LogP) is 2.76. The molecule has 0 aliphatic heterocycles. The molecule has 3 rings (SSSR count). The molecule has 0 saturated heterocycles. The second-order valence-corrected chi connectivity index (χ2v) is 5.62. The van der Waals surface area contributed by atoms with Crippen LogP contribution in [0, 0.1) is 6.92 Å². The van der Waals surface area contributed by atoms with E-state index in [9.17, 15) is 9.59 Å². The zero-order valence-electron chi connectivity index (χ0n) is 13.5. The molecule has 3 N–H and O–H groups in total. The fraction of sp³-hybridized carbons (Fsp3) is 0.167. The van der Waals surface area contributed by atoms with Gasteiger partial charge in [0.05, 0.1) is 11.0 Å². The summed E-state index contributed by atoms with van der Waals surface area (Å²) in [7, 11) is 0. The van der Waals surface area contributed by atoms with Crippen molar-refractivity contribution in [2.24, 2.45) is 0 Å². The van der Waals surface area contributed by atoms with E-state index in [0.29, 0.717) is 17.8 Å². The average Bonchev–Trinajstić information content (AvgIpc) is 2.91. The number of hydrogen-bond donors (Lipinski definition) is 3. The SMILES string of the molecule is CC(=O)Nc1cccc(C(=O)NCc2ccc3nc(C)[nH]c3c2)c1. The number of carbonyl (C=O) groups is 2. The summed E-state index contributed by atoms with van der Waals surface area (Å²) >= 11 is 0. The van der Waals surface area contributed by atoms with E-state index >= 15 is 0 Å². The number of nitrogens with one attached hydrogen (secondary N) is 3. The van der Waals surface area contributed by atoms with Crippen LogP contribution < -0.4 is 10.6 Å². The van der Waals surface area contributed by atoms with Crippen molar-refractivity contribution in [2.75, 3.05) is 5.32 Å². The Labute approximate surface area is 139 Å². The van der Waals surface area contributed by atoms with Gasteiger partial charge in [0.2, 0.25) is 5.91 Å². The summed E-state index contributed by atoms with van der Waals surface area (Å²) in [5.41, 5.74) is 3.94. The maximum Gasteiger partial charge on any atom is 0.251 e. The number of anilines is 1. The number of hydrogen-bond acceptors (Lipinski definition) is 3.